The highest BCUT2D eigenvalue weighted by Gasteiger charge is 2.16. The summed E-state index contributed by atoms with van der Waals surface area (Å²) in [5, 5.41) is 3.34. The Hall–Kier alpha value is -1.03. The Morgan fingerprint density at radius 3 is 2.60 bits per heavy atom. The molecule has 0 aliphatic rings. The molecule has 4 nitrogen and oxygen atoms in total. The lowest BCUT2D eigenvalue weighted by atomic mass is 10.1. The topological polar surface area (TPSA) is 36.9 Å². The second-order valence-corrected chi connectivity index (χ2v) is 5.69. The van der Waals surface area contributed by atoms with E-state index in [-0.39, 0.29) is 5.60 Å². The first-order valence-corrected chi connectivity index (χ1v) is 7.62. The predicted octanol–water partition coefficient (Wildman–Crippen LogP) is 3.06. The molecule has 0 saturated carbocycles. The van der Waals surface area contributed by atoms with Crippen LogP contribution in [0.4, 0.5) is 0 Å². The number of allylic oxidation sites excluding steroid dienone is 1. The second-order valence-electron chi connectivity index (χ2n) is 5.69. The van der Waals surface area contributed by atoms with E-state index in [1.165, 1.54) is 19.3 Å². The molecular formula is C16H33N3O. The third kappa shape index (κ3) is 8.97. The van der Waals surface area contributed by atoms with Crippen molar-refractivity contribution in [2.45, 2.75) is 52.1 Å². The van der Waals surface area contributed by atoms with Crippen molar-refractivity contribution in [3.8, 4) is 0 Å². The lowest BCUT2D eigenvalue weighted by Crippen LogP contribution is -2.40. The fraction of sp³-hybridized carbons (Fsp3) is 0.812. The van der Waals surface area contributed by atoms with Crippen molar-refractivity contribution in [2.24, 2.45) is 4.99 Å². The van der Waals surface area contributed by atoms with Gasteiger partial charge in [0.2, 0.25) is 0 Å². The van der Waals surface area contributed by atoms with E-state index in [0.717, 1.165) is 25.5 Å². The molecule has 0 aromatic heterocycles. The number of rotatable bonds is 10. The molecule has 0 atom stereocenters. The minimum absolute atomic E-state index is 0.217. The van der Waals surface area contributed by atoms with Crippen LogP contribution >= 0.6 is 0 Å². The molecule has 118 valence electrons. The van der Waals surface area contributed by atoms with Gasteiger partial charge in [-0.25, -0.2) is 0 Å². The number of hydrogen-bond donors (Lipinski definition) is 1. The van der Waals surface area contributed by atoms with Crippen LogP contribution in [0.15, 0.2) is 17.6 Å². The Balaban J connectivity index is 4.27. The highest BCUT2D eigenvalue weighted by Crippen LogP contribution is 2.08. The minimum Gasteiger partial charge on any atom is -0.377 e. The summed E-state index contributed by atoms with van der Waals surface area (Å²) in [6.07, 6.45) is 6.74. The van der Waals surface area contributed by atoms with Crippen LogP contribution in [0.5, 0.6) is 0 Å². The average Bonchev–Trinajstić information content (AvgIpc) is 2.43. The molecule has 0 radical (unpaired) electrons. The van der Waals surface area contributed by atoms with E-state index in [4.69, 9.17) is 4.74 Å². The van der Waals surface area contributed by atoms with Gasteiger partial charge in [-0.05, 0) is 40.0 Å². The molecule has 0 amide bonds. The lowest BCUT2D eigenvalue weighted by molar-refractivity contribution is 0.0309. The van der Waals surface area contributed by atoms with Crippen LogP contribution in [-0.2, 0) is 4.74 Å². The number of methoxy groups -OCH3 is 1. The maximum atomic E-state index is 5.41. The van der Waals surface area contributed by atoms with Crippen molar-refractivity contribution in [1.82, 2.24) is 10.2 Å². The molecule has 0 aromatic rings. The van der Waals surface area contributed by atoms with Gasteiger partial charge in [0.25, 0.3) is 0 Å². The molecule has 0 aliphatic heterocycles. The van der Waals surface area contributed by atoms with Crippen molar-refractivity contribution in [2.75, 3.05) is 33.8 Å². The average molecular weight is 283 g/mol. The third-order valence-corrected chi connectivity index (χ3v) is 3.26. The molecule has 1 N–H and O–H groups in total. The maximum absolute atomic E-state index is 5.41. The Bertz CT molecular complexity index is 287. The van der Waals surface area contributed by atoms with Crippen LogP contribution in [0.25, 0.3) is 0 Å². The summed E-state index contributed by atoms with van der Waals surface area (Å²) in [5.41, 5.74) is -0.217. The zero-order chi connectivity index (χ0) is 15.4. The van der Waals surface area contributed by atoms with E-state index < -0.39 is 0 Å². The lowest BCUT2D eigenvalue weighted by Gasteiger charge is -2.25. The Kier molecular flexibility index (Phi) is 10.2. The van der Waals surface area contributed by atoms with Gasteiger partial charge >= 0.3 is 0 Å². The summed E-state index contributed by atoms with van der Waals surface area (Å²) >= 11 is 0. The molecular weight excluding hydrogens is 250 g/mol. The zero-order valence-electron chi connectivity index (χ0n) is 14.0. The molecule has 0 fully saturated rings. The van der Waals surface area contributed by atoms with Gasteiger partial charge in [0, 0.05) is 27.2 Å². The van der Waals surface area contributed by atoms with E-state index >= 15 is 0 Å². The van der Waals surface area contributed by atoms with Gasteiger partial charge in [-0.1, -0.05) is 12.5 Å². The first-order chi connectivity index (χ1) is 9.46. The van der Waals surface area contributed by atoms with Crippen molar-refractivity contribution in [3.63, 3.8) is 0 Å². The Labute approximate surface area is 125 Å². The van der Waals surface area contributed by atoms with Crippen LogP contribution in [-0.4, -0.2) is 50.3 Å². The maximum Gasteiger partial charge on any atom is 0.193 e. The van der Waals surface area contributed by atoms with Crippen molar-refractivity contribution in [1.29, 1.82) is 0 Å². The van der Waals surface area contributed by atoms with E-state index in [0.29, 0.717) is 6.54 Å². The summed E-state index contributed by atoms with van der Waals surface area (Å²) < 4.78 is 5.41. The van der Waals surface area contributed by atoms with Crippen molar-refractivity contribution < 1.29 is 4.74 Å². The van der Waals surface area contributed by atoms with Crippen molar-refractivity contribution in [3.05, 3.63) is 12.7 Å². The summed E-state index contributed by atoms with van der Waals surface area (Å²) in [6, 6.07) is 0. The van der Waals surface area contributed by atoms with Crippen LogP contribution in [0.2, 0.25) is 0 Å². The van der Waals surface area contributed by atoms with Crippen LogP contribution in [0.3, 0.4) is 0 Å². The molecule has 0 saturated heterocycles. The monoisotopic (exact) mass is 283 g/mol. The summed E-state index contributed by atoms with van der Waals surface area (Å²) in [5.74, 6) is 0.960. The normalized spacial score (nSPS) is 12.3. The quantitative estimate of drug-likeness (QED) is 0.290. The summed E-state index contributed by atoms with van der Waals surface area (Å²) in [7, 11) is 3.82. The SMILES string of the molecule is C=CCCCCCN(C)C(=NCC(C)(C)OC)NCC. The van der Waals surface area contributed by atoms with E-state index in [2.05, 4.69) is 49.6 Å². The Morgan fingerprint density at radius 2 is 2.05 bits per heavy atom. The number of unbranched alkanes of at least 4 members (excludes halogenated alkanes) is 3. The molecule has 0 unspecified atom stereocenters. The third-order valence-electron chi connectivity index (χ3n) is 3.26. The molecule has 0 aromatic carbocycles. The molecule has 20 heavy (non-hydrogen) atoms. The molecule has 0 spiro atoms. The first kappa shape index (κ1) is 19.0. The Morgan fingerprint density at radius 1 is 1.35 bits per heavy atom. The van der Waals surface area contributed by atoms with Gasteiger partial charge in [0.05, 0.1) is 12.1 Å². The fourth-order valence-electron chi connectivity index (χ4n) is 1.72. The highest BCUT2D eigenvalue weighted by atomic mass is 16.5. The standard InChI is InChI=1S/C16H33N3O/c1-7-9-10-11-12-13-19(5)15(17-8-2)18-14-16(3,4)20-6/h7H,1,8-14H2,2-6H3,(H,17,18). The molecule has 0 rings (SSSR count). The molecule has 4 heteroatoms. The predicted molar refractivity (Wildman–Crippen MR) is 88.4 cm³/mol. The number of hydrogen-bond acceptors (Lipinski definition) is 2. The van der Waals surface area contributed by atoms with Gasteiger partial charge in [0.15, 0.2) is 5.96 Å². The number of guanidine groups is 1. The van der Waals surface area contributed by atoms with Crippen LogP contribution in [0, 0.1) is 0 Å². The van der Waals surface area contributed by atoms with Crippen molar-refractivity contribution >= 4 is 5.96 Å². The first-order valence-electron chi connectivity index (χ1n) is 7.62. The van der Waals surface area contributed by atoms with Gasteiger partial charge < -0.3 is 15.0 Å². The van der Waals surface area contributed by atoms with E-state index in [9.17, 15) is 0 Å². The number of ether oxygens (including phenoxy) is 1. The zero-order valence-corrected chi connectivity index (χ0v) is 14.0. The molecule has 0 heterocycles. The number of nitrogens with zero attached hydrogens (tertiary/aromatic N) is 2. The van der Waals surface area contributed by atoms with E-state index in [1.807, 2.05) is 6.08 Å². The molecule has 0 aliphatic carbocycles. The second kappa shape index (κ2) is 10.7. The summed E-state index contributed by atoms with van der Waals surface area (Å²) in [4.78, 5) is 6.86. The van der Waals surface area contributed by atoms with Crippen LogP contribution in [0.1, 0.15) is 46.5 Å². The summed E-state index contributed by atoms with van der Waals surface area (Å²) in [6.45, 7) is 12.5. The largest absolute Gasteiger partial charge is 0.377 e. The number of nitrogens with one attached hydrogen (secondary N) is 1. The van der Waals surface area contributed by atoms with Gasteiger partial charge in [-0.2, -0.15) is 0 Å². The fourth-order valence-corrected chi connectivity index (χ4v) is 1.72. The molecule has 0 bridgehead atoms. The van der Waals surface area contributed by atoms with Gasteiger partial charge in [0.1, 0.15) is 0 Å². The van der Waals surface area contributed by atoms with Crippen LogP contribution < -0.4 is 5.32 Å². The number of aliphatic imine (C=N–C) groups is 1. The smallest absolute Gasteiger partial charge is 0.193 e. The minimum atomic E-state index is -0.217. The highest BCUT2D eigenvalue weighted by molar-refractivity contribution is 5.79. The van der Waals surface area contributed by atoms with Gasteiger partial charge in [-0.3, -0.25) is 4.99 Å². The van der Waals surface area contributed by atoms with E-state index in [1.54, 1.807) is 7.11 Å². The van der Waals surface area contributed by atoms with Gasteiger partial charge in [-0.15, -0.1) is 6.58 Å².